The van der Waals surface area contributed by atoms with E-state index in [1.54, 1.807) is 25.7 Å². The Bertz CT molecular complexity index is 693. The van der Waals surface area contributed by atoms with Gasteiger partial charge >= 0.3 is 0 Å². The Balaban J connectivity index is 1.69. The van der Waals surface area contributed by atoms with Gasteiger partial charge in [-0.3, -0.25) is 14.8 Å². The van der Waals surface area contributed by atoms with Crippen molar-refractivity contribution in [2.75, 3.05) is 26.9 Å². The number of ether oxygens (including phenoxy) is 2. The maximum Gasteiger partial charge on any atom is 0.254 e. The predicted octanol–water partition coefficient (Wildman–Crippen LogP) is 2.10. The first kappa shape index (κ1) is 17.5. The molecule has 1 aromatic carbocycles. The summed E-state index contributed by atoms with van der Waals surface area (Å²) in [5.74, 6) is 0.0467. The summed E-state index contributed by atoms with van der Waals surface area (Å²) < 4.78 is 10.8. The second kappa shape index (κ2) is 8.69. The van der Waals surface area contributed by atoms with Crippen LogP contribution in [-0.2, 0) is 22.5 Å². The predicted molar refractivity (Wildman–Crippen MR) is 93.2 cm³/mol. The molecule has 0 radical (unpaired) electrons. The molecule has 1 unspecified atom stereocenters. The maximum absolute atomic E-state index is 13.0. The number of rotatable bonds is 6. The molecule has 3 rings (SSSR count). The van der Waals surface area contributed by atoms with Crippen LogP contribution in [-0.4, -0.2) is 53.7 Å². The zero-order valence-electron chi connectivity index (χ0n) is 14.4. The molecule has 0 N–H and O–H groups in total. The van der Waals surface area contributed by atoms with Gasteiger partial charge in [-0.2, -0.15) is 0 Å². The number of aromatic nitrogens is 2. The topological polar surface area (TPSA) is 64.5 Å². The molecule has 1 atom stereocenters. The van der Waals surface area contributed by atoms with Gasteiger partial charge in [0.25, 0.3) is 5.91 Å². The Labute approximate surface area is 147 Å². The van der Waals surface area contributed by atoms with Crippen molar-refractivity contribution in [2.45, 2.75) is 25.5 Å². The van der Waals surface area contributed by atoms with Gasteiger partial charge in [0, 0.05) is 37.8 Å². The summed E-state index contributed by atoms with van der Waals surface area (Å²) in [5.41, 5.74) is 2.63. The number of hydrogen-bond acceptors (Lipinski definition) is 5. The molecule has 0 bridgehead atoms. The van der Waals surface area contributed by atoms with E-state index in [-0.39, 0.29) is 11.9 Å². The SMILES string of the molecule is COCc1cccc(C(=O)N2CCOCC2CCc2cnccn2)c1. The number of carbonyl (C=O) groups excluding carboxylic acids is 1. The Hall–Kier alpha value is -2.31. The molecule has 2 heterocycles. The van der Waals surface area contributed by atoms with Crippen molar-refractivity contribution in [1.29, 1.82) is 0 Å². The molecule has 6 heteroatoms. The lowest BCUT2D eigenvalue weighted by Gasteiger charge is -2.35. The number of hydrogen-bond donors (Lipinski definition) is 0. The highest BCUT2D eigenvalue weighted by molar-refractivity contribution is 5.94. The lowest BCUT2D eigenvalue weighted by atomic mass is 10.0. The fourth-order valence-electron chi connectivity index (χ4n) is 3.06. The quantitative estimate of drug-likeness (QED) is 0.805. The molecule has 25 heavy (non-hydrogen) atoms. The minimum atomic E-state index is 0.0467. The summed E-state index contributed by atoms with van der Waals surface area (Å²) in [4.78, 5) is 23.3. The molecular weight excluding hydrogens is 318 g/mol. The lowest BCUT2D eigenvalue weighted by molar-refractivity contribution is -0.00414. The smallest absolute Gasteiger partial charge is 0.254 e. The summed E-state index contributed by atoms with van der Waals surface area (Å²) in [6.45, 7) is 2.24. The van der Waals surface area contributed by atoms with Crippen LogP contribution in [0.1, 0.15) is 28.0 Å². The summed E-state index contributed by atoms with van der Waals surface area (Å²) in [5, 5.41) is 0. The second-order valence-electron chi connectivity index (χ2n) is 6.10. The van der Waals surface area contributed by atoms with Gasteiger partial charge in [0.05, 0.1) is 31.6 Å². The number of nitrogens with zero attached hydrogens (tertiary/aromatic N) is 3. The van der Waals surface area contributed by atoms with Crippen LogP contribution in [0.2, 0.25) is 0 Å². The van der Waals surface area contributed by atoms with Crippen LogP contribution in [0.25, 0.3) is 0 Å². The minimum absolute atomic E-state index is 0.0467. The molecule has 0 spiro atoms. The Morgan fingerprint density at radius 1 is 1.40 bits per heavy atom. The van der Waals surface area contributed by atoms with Gasteiger partial charge in [0.15, 0.2) is 0 Å². The van der Waals surface area contributed by atoms with Gasteiger partial charge in [0.1, 0.15) is 0 Å². The molecule has 2 aromatic rings. The normalized spacial score (nSPS) is 17.5. The average molecular weight is 341 g/mol. The zero-order valence-corrected chi connectivity index (χ0v) is 14.4. The monoisotopic (exact) mass is 341 g/mol. The van der Waals surface area contributed by atoms with E-state index in [4.69, 9.17) is 9.47 Å². The lowest BCUT2D eigenvalue weighted by Crippen LogP contribution is -2.48. The van der Waals surface area contributed by atoms with E-state index in [1.165, 1.54) is 0 Å². The van der Waals surface area contributed by atoms with Crippen LogP contribution >= 0.6 is 0 Å². The third kappa shape index (κ3) is 4.61. The van der Waals surface area contributed by atoms with Gasteiger partial charge in [-0.25, -0.2) is 0 Å². The number of amides is 1. The van der Waals surface area contributed by atoms with Crippen molar-refractivity contribution in [2.24, 2.45) is 0 Å². The van der Waals surface area contributed by atoms with E-state index in [0.717, 1.165) is 24.1 Å². The highest BCUT2D eigenvalue weighted by Crippen LogP contribution is 2.17. The number of benzene rings is 1. The van der Waals surface area contributed by atoms with Crippen LogP contribution in [0.15, 0.2) is 42.9 Å². The standard InChI is InChI=1S/C19H23N3O3/c1-24-13-15-3-2-4-16(11-15)19(23)22-9-10-25-14-18(22)6-5-17-12-20-7-8-21-17/h2-4,7-8,11-12,18H,5-6,9-10,13-14H2,1H3. The molecule has 1 fully saturated rings. The van der Waals surface area contributed by atoms with Crippen LogP contribution in [0.3, 0.4) is 0 Å². The molecule has 0 aliphatic carbocycles. The first-order chi connectivity index (χ1) is 12.3. The third-order valence-electron chi connectivity index (χ3n) is 4.32. The third-order valence-corrected chi connectivity index (χ3v) is 4.32. The fourth-order valence-corrected chi connectivity index (χ4v) is 3.06. The largest absolute Gasteiger partial charge is 0.380 e. The maximum atomic E-state index is 13.0. The molecule has 1 aliphatic rings. The van der Waals surface area contributed by atoms with Gasteiger partial charge < -0.3 is 14.4 Å². The van der Waals surface area contributed by atoms with Gasteiger partial charge in [-0.1, -0.05) is 12.1 Å². The van der Waals surface area contributed by atoms with Crippen molar-refractivity contribution in [3.8, 4) is 0 Å². The number of methoxy groups -OCH3 is 1. The Kier molecular flexibility index (Phi) is 6.09. The molecule has 1 amide bonds. The number of morpholine rings is 1. The molecule has 1 saturated heterocycles. The van der Waals surface area contributed by atoms with Crippen molar-refractivity contribution in [3.05, 3.63) is 59.7 Å². The van der Waals surface area contributed by atoms with Crippen molar-refractivity contribution >= 4 is 5.91 Å². The summed E-state index contributed by atoms with van der Waals surface area (Å²) in [6, 6.07) is 7.67. The van der Waals surface area contributed by atoms with Crippen LogP contribution < -0.4 is 0 Å². The molecular formula is C19H23N3O3. The summed E-state index contributed by atoms with van der Waals surface area (Å²) in [6.07, 6.45) is 6.70. The summed E-state index contributed by atoms with van der Waals surface area (Å²) >= 11 is 0. The molecule has 1 aliphatic heterocycles. The van der Waals surface area contributed by atoms with Gasteiger partial charge in [-0.15, -0.1) is 0 Å². The van der Waals surface area contributed by atoms with E-state index in [2.05, 4.69) is 9.97 Å². The first-order valence-corrected chi connectivity index (χ1v) is 8.49. The fraction of sp³-hybridized carbons (Fsp3) is 0.421. The molecule has 0 saturated carbocycles. The number of carbonyl (C=O) groups is 1. The van der Waals surface area contributed by atoms with Crippen molar-refractivity contribution in [3.63, 3.8) is 0 Å². The Morgan fingerprint density at radius 2 is 2.32 bits per heavy atom. The van der Waals surface area contributed by atoms with Crippen molar-refractivity contribution < 1.29 is 14.3 Å². The zero-order chi connectivity index (χ0) is 17.5. The Morgan fingerprint density at radius 3 is 3.12 bits per heavy atom. The highest BCUT2D eigenvalue weighted by atomic mass is 16.5. The van der Waals surface area contributed by atoms with Crippen molar-refractivity contribution in [1.82, 2.24) is 14.9 Å². The van der Waals surface area contributed by atoms with E-state index in [0.29, 0.717) is 31.9 Å². The second-order valence-corrected chi connectivity index (χ2v) is 6.10. The summed E-state index contributed by atoms with van der Waals surface area (Å²) in [7, 11) is 1.65. The average Bonchev–Trinajstić information content (AvgIpc) is 2.67. The van der Waals surface area contributed by atoms with Crippen LogP contribution in [0, 0.1) is 0 Å². The molecule has 6 nitrogen and oxygen atoms in total. The van der Waals surface area contributed by atoms with Crippen LogP contribution in [0.4, 0.5) is 0 Å². The first-order valence-electron chi connectivity index (χ1n) is 8.49. The van der Waals surface area contributed by atoms with E-state index in [1.807, 2.05) is 29.2 Å². The van der Waals surface area contributed by atoms with Gasteiger partial charge in [0.2, 0.25) is 0 Å². The molecule has 1 aromatic heterocycles. The number of aryl methyl sites for hydroxylation is 1. The van der Waals surface area contributed by atoms with Gasteiger partial charge in [-0.05, 0) is 30.5 Å². The molecule has 132 valence electrons. The van der Waals surface area contributed by atoms with E-state index < -0.39 is 0 Å². The minimum Gasteiger partial charge on any atom is -0.380 e. The van der Waals surface area contributed by atoms with E-state index >= 15 is 0 Å². The highest BCUT2D eigenvalue weighted by Gasteiger charge is 2.28. The van der Waals surface area contributed by atoms with E-state index in [9.17, 15) is 4.79 Å². The van der Waals surface area contributed by atoms with Crippen LogP contribution in [0.5, 0.6) is 0 Å².